The first-order valence-electron chi connectivity index (χ1n) is 9.86. The summed E-state index contributed by atoms with van der Waals surface area (Å²) >= 11 is 1.67. The Morgan fingerprint density at radius 3 is 2.87 bits per heavy atom. The molecule has 4 heterocycles. The molecule has 5 nitrogen and oxygen atoms in total. The summed E-state index contributed by atoms with van der Waals surface area (Å²) in [5.41, 5.74) is 5.88. The maximum atomic E-state index is 9.14. The van der Waals surface area contributed by atoms with Crippen LogP contribution in [0.1, 0.15) is 22.5 Å². The van der Waals surface area contributed by atoms with E-state index in [4.69, 9.17) is 15.2 Å². The van der Waals surface area contributed by atoms with E-state index in [0.717, 1.165) is 59.4 Å². The summed E-state index contributed by atoms with van der Waals surface area (Å²) in [6.07, 6.45) is 2.89. The second kappa shape index (κ2) is 8.15. The SMILES string of the molecule is N#Cc1cccc(-c2cccc(CN3CCc4nc(-c5cccs5)ncc4C3)n2)c1. The Morgan fingerprint density at radius 2 is 2.00 bits per heavy atom. The number of hydrogen-bond acceptors (Lipinski definition) is 6. The lowest BCUT2D eigenvalue weighted by atomic mass is 10.1. The summed E-state index contributed by atoms with van der Waals surface area (Å²) < 4.78 is 0. The summed E-state index contributed by atoms with van der Waals surface area (Å²) in [5, 5.41) is 11.2. The number of nitriles is 1. The first kappa shape index (κ1) is 18.6. The number of benzene rings is 1. The van der Waals surface area contributed by atoms with E-state index in [1.165, 1.54) is 5.56 Å². The molecule has 1 aromatic carbocycles. The Bertz CT molecular complexity index is 1230. The van der Waals surface area contributed by atoms with Gasteiger partial charge >= 0.3 is 0 Å². The molecule has 0 saturated carbocycles. The van der Waals surface area contributed by atoms with Crippen molar-refractivity contribution >= 4 is 11.3 Å². The fraction of sp³-hybridized carbons (Fsp3) is 0.167. The summed E-state index contributed by atoms with van der Waals surface area (Å²) in [7, 11) is 0. The molecular weight excluding hydrogens is 390 g/mol. The topological polar surface area (TPSA) is 65.7 Å². The number of aromatic nitrogens is 3. The largest absolute Gasteiger partial charge is 0.293 e. The Balaban J connectivity index is 1.32. The zero-order valence-corrected chi connectivity index (χ0v) is 17.1. The second-order valence-corrected chi connectivity index (χ2v) is 8.26. The lowest BCUT2D eigenvalue weighted by Crippen LogP contribution is -2.31. The molecule has 3 aromatic heterocycles. The van der Waals surface area contributed by atoms with Crippen LogP contribution in [0.2, 0.25) is 0 Å². The zero-order valence-electron chi connectivity index (χ0n) is 16.3. The predicted molar refractivity (Wildman–Crippen MR) is 118 cm³/mol. The maximum absolute atomic E-state index is 9.14. The first-order valence-corrected chi connectivity index (χ1v) is 10.7. The van der Waals surface area contributed by atoms with Crippen molar-refractivity contribution in [3.05, 3.63) is 88.7 Å². The molecule has 0 amide bonds. The lowest BCUT2D eigenvalue weighted by Gasteiger charge is -2.27. The Hall–Kier alpha value is -3.40. The van der Waals surface area contributed by atoms with Crippen molar-refractivity contribution in [3.63, 3.8) is 0 Å². The number of hydrogen-bond donors (Lipinski definition) is 0. The molecule has 0 saturated heterocycles. The molecule has 30 heavy (non-hydrogen) atoms. The summed E-state index contributed by atoms with van der Waals surface area (Å²) in [6.45, 7) is 2.55. The van der Waals surface area contributed by atoms with E-state index in [2.05, 4.69) is 33.5 Å². The molecule has 0 bridgehead atoms. The van der Waals surface area contributed by atoms with Crippen molar-refractivity contribution < 1.29 is 0 Å². The van der Waals surface area contributed by atoms with Crippen molar-refractivity contribution in [2.45, 2.75) is 19.5 Å². The van der Waals surface area contributed by atoms with Gasteiger partial charge in [0.15, 0.2) is 5.82 Å². The van der Waals surface area contributed by atoms with Gasteiger partial charge in [-0.1, -0.05) is 24.3 Å². The minimum atomic E-state index is 0.647. The van der Waals surface area contributed by atoms with Crippen LogP contribution in [0.5, 0.6) is 0 Å². The molecule has 0 spiro atoms. The molecule has 0 radical (unpaired) electrons. The van der Waals surface area contributed by atoms with E-state index in [1.54, 1.807) is 11.3 Å². The average molecular weight is 410 g/mol. The van der Waals surface area contributed by atoms with Crippen molar-refractivity contribution in [3.8, 4) is 28.0 Å². The van der Waals surface area contributed by atoms with Crippen LogP contribution < -0.4 is 0 Å². The summed E-state index contributed by atoms with van der Waals surface area (Å²) in [5.74, 6) is 0.825. The molecule has 6 heteroatoms. The molecule has 0 atom stereocenters. The van der Waals surface area contributed by atoms with E-state index in [0.29, 0.717) is 5.56 Å². The predicted octanol–water partition coefficient (Wildman–Crippen LogP) is 4.70. The van der Waals surface area contributed by atoms with Gasteiger partial charge in [0.2, 0.25) is 0 Å². The monoisotopic (exact) mass is 409 g/mol. The molecular formula is C24H19N5S. The average Bonchev–Trinajstić information content (AvgIpc) is 3.34. The van der Waals surface area contributed by atoms with Crippen LogP contribution in [0, 0.1) is 11.3 Å². The third-order valence-electron chi connectivity index (χ3n) is 5.23. The first-order chi connectivity index (χ1) is 14.8. The van der Waals surface area contributed by atoms with Crippen LogP contribution in [0.3, 0.4) is 0 Å². The number of rotatable bonds is 4. The summed E-state index contributed by atoms with van der Waals surface area (Å²) in [6, 6.07) is 19.9. The highest BCUT2D eigenvalue weighted by Crippen LogP contribution is 2.25. The van der Waals surface area contributed by atoms with Gasteiger partial charge in [-0.05, 0) is 35.7 Å². The van der Waals surface area contributed by atoms with Crippen molar-refractivity contribution in [2.75, 3.05) is 6.54 Å². The summed E-state index contributed by atoms with van der Waals surface area (Å²) in [4.78, 5) is 17.7. The Kier molecular flexibility index (Phi) is 5.06. The zero-order chi connectivity index (χ0) is 20.3. The van der Waals surface area contributed by atoms with Gasteiger partial charge in [0.05, 0.1) is 33.6 Å². The van der Waals surface area contributed by atoms with Crippen LogP contribution in [0.4, 0.5) is 0 Å². The fourth-order valence-electron chi connectivity index (χ4n) is 3.74. The van der Waals surface area contributed by atoms with Crippen LogP contribution in [0.25, 0.3) is 22.0 Å². The number of nitrogens with zero attached hydrogens (tertiary/aromatic N) is 5. The standard InChI is InChI=1S/C24H19N5S/c25-13-17-4-1-5-18(12-17)21-7-2-6-20(27-21)16-29-10-9-22-19(15-29)14-26-24(28-22)23-8-3-11-30-23/h1-8,11-12,14H,9-10,15-16H2. The normalized spacial score (nSPS) is 13.6. The minimum Gasteiger partial charge on any atom is -0.293 e. The van der Waals surface area contributed by atoms with Gasteiger partial charge in [0, 0.05) is 43.4 Å². The number of fused-ring (bicyclic) bond motifs is 1. The van der Waals surface area contributed by atoms with Gasteiger partial charge in [0.25, 0.3) is 0 Å². The highest BCUT2D eigenvalue weighted by molar-refractivity contribution is 7.13. The molecule has 5 rings (SSSR count). The van der Waals surface area contributed by atoms with E-state index in [-0.39, 0.29) is 0 Å². The van der Waals surface area contributed by atoms with Crippen LogP contribution in [-0.4, -0.2) is 26.4 Å². The molecule has 0 unspecified atom stereocenters. The third kappa shape index (κ3) is 3.86. The molecule has 4 aromatic rings. The van der Waals surface area contributed by atoms with E-state index < -0.39 is 0 Å². The fourth-order valence-corrected chi connectivity index (χ4v) is 4.40. The minimum absolute atomic E-state index is 0.647. The molecule has 0 aliphatic carbocycles. The van der Waals surface area contributed by atoms with E-state index in [1.807, 2.05) is 48.7 Å². The van der Waals surface area contributed by atoms with Gasteiger partial charge in [0.1, 0.15) is 0 Å². The van der Waals surface area contributed by atoms with Crippen LogP contribution in [0.15, 0.2) is 66.2 Å². The van der Waals surface area contributed by atoms with Crippen molar-refractivity contribution in [2.24, 2.45) is 0 Å². The third-order valence-corrected chi connectivity index (χ3v) is 6.10. The van der Waals surface area contributed by atoms with Gasteiger partial charge < -0.3 is 0 Å². The highest BCUT2D eigenvalue weighted by Gasteiger charge is 2.19. The Labute approximate surface area is 179 Å². The van der Waals surface area contributed by atoms with Gasteiger partial charge in [-0.25, -0.2) is 9.97 Å². The quantitative estimate of drug-likeness (QED) is 0.489. The van der Waals surface area contributed by atoms with Crippen molar-refractivity contribution in [1.29, 1.82) is 5.26 Å². The van der Waals surface area contributed by atoms with Gasteiger partial charge in [-0.3, -0.25) is 9.88 Å². The molecule has 1 aliphatic heterocycles. The van der Waals surface area contributed by atoms with Crippen LogP contribution in [-0.2, 0) is 19.5 Å². The highest BCUT2D eigenvalue weighted by atomic mass is 32.1. The number of thiophene rings is 1. The maximum Gasteiger partial charge on any atom is 0.169 e. The van der Waals surface area contributed by atoms with E-state index >= 15 is 0 Å². The van der Waals surface area contributed by atoms with Gasteiger partial charge in [-0.2, -0.15) is 5.26 Å². The number of pyridine rings is 1. The smallest absolute Gasteiger partial charge is 0.169 e. The second-order valence-electron chi connectivity index (χ2n) is 7.31. The molecule has 0 fully saturated rings. The van der Waals surface area contributed by atoms with Crippen molar-refractivity contribution in [1.82, 2.24) is 19.9 Å². The molecule has 1 aliphatic rings. The van der Waals surface area contributed by atoms with Gasteiger partial charge in [-0.15, -0.1) is 11.3 Å². The van der Waals surface area contributed by atoms with Crippen LogP contribution >= 0.6 is 11.3 Å². The lowest BCUT2D eigenvalue weighted by molar-refractivity contribution is 0.240. The molecule has 0 N–H and O–H groups in total. The Morgan fingerprint density at radius 1 is 1.07 bits per heavy atom. The molecule has 146 valence electrons. The van der Waals surface area contributed by atoms with E-state index in [9.17, 15) is 0 Å².